The highest BCUT2D eigenvalue weighted by Crippen LogP contribution is 2.27. The van der Waals surface area contributed by atoms with E-state index in [1.165, 1.54) is 12.8 Å². The van der Waals surface area contributed by atoms with Crippen LogP contribution in [0, 0.1) is 0 Å². The van der Waals surface area contributed by atoms with Gasteiger partial charge in [-0.25, -0.2) is 0 Å². The van der Waals surface area contributed by atoms with Crippen LogP contribution in [0.1, 0.15) is 18.4 Å². The summed E-state index contributed by atoms with van der Waals surface area (Å²) < 4.78 is 15.7. The van der Waals surface area contributed by atoms with Crippen LogP contribution in [0.2, 0.25) is 0 Å². The Balaban J connectivity index is 1.70. The van der Waals surface area contributed by atoms with Gasteiger partial charge in [-0.3, -0.25) is 9.89 Å². The Kier molecular flexibility index (Phi) is 8.50. The maximum Gasteiger partial charge on any atom is 0.188 e. The first kappa shape index (κ1) is 20.3. The lowest BCUT2D eigenvalue weighted by Gasteiger charge is -2.20. The van der Waals surface area contributed by atoms with Crippen molar-refractivity contribution in [1.29, 1.82) is 0 Å². The number of guanidine groups is 1. The lowest BCUT2D eigenvalue weighted by molar-refractivity contribution is 0.145. The maximum atomic E-state index is 5.97. The summed E-state index contributed by atoms with van der Waals surface area (Å²) in [6.07, 6.45) is 3.40. The van der Waals surface area contributed by atoms with Crippen molar-refractivity contribution in [2.75, 3.05) is 54.1 Å². The van der Waals surface area contributed by atoms with Crippen LogP contribution in [0.4, 0.5) is 0 Å². The number of nitrogens with zero attached hydrogens (tertiary/aromatic N) is 2. The summed E-state index contributed by atoms with van der Waals surface area (Å²) in [5, 5.41) is 3.17. The number of nitrogens with two attached hydrogens (primary N) is 1. The summed E-state index contributed by atoms with van der Waals surface area (Å²) in [6.45, 7) is 4.07. The van der Waals surface area contributed by atoms with E-state index in [1.54, 1.807) is 21.3 Å². The van der Waals surface area contributed by atoms with Gasteiger partial charge in [0.25, 0.3) is 0 Å². The number of benzene rings is 1. The zero-order valence-electron chi connectivity index (χ0n) is 16.2. The third-order valence-corrected chi connectivity index (χ3v) is 4.48. The maximum absolute atomic E-state index is 5.97. The molecule has 1 aromatic carbocycles. The van der Waals surface area contributed by atoms with E-state index in [1.807, 2.05) is 18.2 Å². The Labute approximate surface area is 156 Å². The minimum atomic E-state index is 0.493. The third kappa shape index (κ3) is 6.72. The second kappa shape index (κ2) is 10.9. The zero-order chi connectivity index (χ0) is 18.8. The van der Waals surface area contributed by atoms with Crippen LogP contribution in [-0.4, -0.2) is 71.0 Å². The van der Waals surface area contributed by atoms with Crippen LogP contribution in [0.3, 0.4) is 0 Å². The van der Waals surface area contributed by atoms with E-state index >= 15 is 0 Å². The Morgan fingerprint density at radius 3 is 2.62 bits per heavy atom. The van der Waals surface area contributed by atoms with E-state index in [2.05, 4.69) is 15.2 Å². The summed E-state index contributed by atoms with van der Waals surface area (Å²) in [5.74, 6) is 1.97. The van der Waals surface area contributed by atoms with E-state index in [0.717, 1.165) is 49.7 Å². The van der Waals surface area contributed by atoms with Crippen LogP contribution in [-0.2, 0) is 11.2 Å². The molecule has 0 aromatic heterocycles. The molecule has 1 aliphatic carbocycles. The van der Waals surface area contributed by atoms with Gasteiger partial charge in [0.1, 0.15) is 0 Å². The van der Waals surface area contributed by atoms with Crippen molar-refractivity contribution < 1.29 is 14.2 Å². The molecule has 7 nitrogen and oxygen atoms in total. The summed E-state index contributed by atoms with van der Waals surface area (Å²) >= 11 is 0. The zero-order valence-corrected chi connectivity index (χ0v) is 16.2. The molecule has 0 unspecified atom stereocenters. The molecule has 0 spiro atoms. The molecular formula is C19H32N4O3. The quantitative estimate of drug-likeness (QED) is 0.429. The Bertz CT molecular complexity index is 576. The Morgan fingerprint density at radius 2 is 1.96 bits per heavy atom. The molecule has 0 heterocycles. The molecule has 0 amide bonds. The largest absolute Gasteiger partial charge is 0.493 e. The fourth-order valence-electron chi connectivity index (χ4n) is 2.85. The van der Waals surface area contributed by atoms with Crippen LogP contribution in [0.25, 0.3) is 0 Å². The number of hydrogen-bond acceptors (Lipinski definition) is 5. The molecule has 0 radical (unpaired) electrons. The number of rotatable bonds is 12. The van der Waals surface area contributed by atoms with Gasteiger partial charge in [-0.1, -0.05) is 6.07 Å². The molecule has 3 N–H and O–H groups in total. The van der Waals surface area contributed by atoms with Crippen molar-refractivity contribution in [2.24, 2.45) is 10.7 Å². The van der Waals surface area contributed by atoms with Crippen molar-refractivity contribution in [3.63, 3.8) is 0 Å². The van der Waals surface area contributed by atoms with Gasteiger partial charge in [-0.05, 0) is 37.0 Å². The highest BCUT2D eigenvalue weighted by atomic mass is 16.5. The average molecular weight is 364 g/mol. The van der Waals surface area contributed by atoms with E-state index in [9.17, 15) is 0 Å². The molecule has 0 saturated heterocycles. The Hall–Kier alpha value is -1.99. The smallest absolute Gasteiger partial charge is 0.188 e. The molecule has 1 saturated carbocycles. The second-order valence-electron chi connectivity index (χ2n) is 6.39. The van der Waals surface area contributed by atoms with Crippen LogP contribution >= 0.6 is 0 Å². The fraction of sp³-hybridized carbons (Fsp3) is 0.632. The number of hydrogen-bond donors (Lipinski definition) is 2. The topological polar surface area (TPSA) is 81.3 Å². The lowest BCUT2D eigenvalue weighted by Crippen LogP contribution is -2.35. The van der Waals surface area contributed by atoms with E-state index in [4.69, 9.17) is 19.9 Å². The minimum Gasteiger partial charge on any atom is -0.493 e. The predicted octanol–water partition coefficient (Wildman–Crippen LogP) is 1.26. The number of nitrogens with one attached hydrogen (secondary N) is 1. The molecule has 0 aliphatic heterocycles. The van der Waals surface area contributed by atoms with Gasteiger partial charge in [0, 0.05) is 32.8 Å². The van der Waals surface area contributed by atoms with Crippen molar-refractivity contribution in [2.45, 2.75) is 25.3 Å². The SMILES string of the molecule is COCCN(CCN=C(N)NCCc1ccc(OC)c(OC)c1)C1CC1. The number of ether oxygens (including phenoxy) is 3. The molecule has 1 aromatic rings. The summed E-state index contributed by atoms with van der Waals surface area (Å²) in [5.41, 5.74) is 7.12. The standard InChI is InChI=1S/C19H32N4O3/c1-24-13-12-23(16-5-6-16)11-10-22-19(20)21-9-8-15-4-7-17(25-2)18(14-15)26-3/h4,7,14,16H,5-6,8-13H2,1-3H3,(H3,20,21,22). The third-order valence-electron chi connectivity index (χ3n) is 4.48. The first-order chi connectivity index (χ1) is 12.7. The van der Waals surface area contributed by atoms with Gasteiger partial charge < -0.3 is 25.3 Å². The predicted molar refractivity (Wildman–Crippen MR) is 104 cm³/mol. The second-order valence-corrected chi connectivity index (χ2v) is 6.39. The first-order valence-corrected chi connectivity index (χ1v) is 9.15. The summed E-state index contributed by atoms with van der Waals surface area (Å²) in [4.78, 5) is 6.87. The van der Waals surface area contributed by atoms with Gasteiger partial charge in [-0.2, -0.15) is 0 Å². The molecule has 7 heteroatoms. The van der Waals surface area contributed by atoms with Gasteiger partial charge in [0.15, 0.2) is 17.5 Å². The van der Waals surface area contributed by atoms with E-state index in [-0.39, 0.29) is 0 Å². The fourth-order valence-corrected chi connectivity index (χ4v) is 2.85. The molecule has 146 valence electrons. The minimum absolute atomic E-state index is 0.493. The van der Waals surface area contributed by atoms with Crippen molar-refractivity contribution in [1.82, 2.24) is 10.2 Å². The molecule has 0 atom stereocenters. The normalized spacial score (nSPS) is 14.5. The first-order valence-electron chi connectivity index (χ1n) is 9.15. The van der Waals surface area contributed by atoms with Crippen LogP contribution in [0.15, 0.2) is 23.2 Å². The van der Waals surface area contributed by atoms with Crippen molar-refractivity contribution >= 4 is 5.96 Å². The van der Waals surface area contributed by atoms with Crippen LogP contribution < -0.4 is 20.5 Å². The molecule has 2 rings (SSSR count). The highest BCUT2D eigenvalue weighted by molar-refractivity contribution is 5.77. The van der Waals surface area contributed by atoms with Gasteiger partial charge in [0.05, 0.1) is 27.4 Å². The van der Waals surface area contributed by atoms with E-state index < -0.39 is 0 Å². The van der Waals surface area contributed by atoms with E-state index in [0.29, 0.717) is 18.5 Å². The van der Waals surface area contributed by atoms with Crippen molar-refractivity contribution in [3.8, 4) is 11.5 Å². The van der Waals surface area contributed by atoms with Gasteiger partial charge >= 0.3 is 0 Å². The lowest BCUT2D eigenvalue weighted by atomic mass is 10.1. The number of aliphatic imine (C=N–C) groups is 1. The van der Waals surface area contributed by atoms with Gasteiger partial charge in [-0.15, -0.1) is 0 Å². The van der Waals surface area contributed by atoms with Crippen LogP contribution in [0.5, 0.6) is 11.5 Å². The average Bonchev–Trinajstić information content (AvgIpc) is 3.49. The molecule has 1 aliphatic rings. The summed E-state index contributed by atoms with van der Waals surface area (Å²) in [6, 6.07) is 6.63. The highest BCUT2D eigenvalue weighted by Gasteiger charge is 2.27. The summed E-state index contributed by atoms with van der Waals surface area (Å²) in [7, 11) is 5.02. The Morgan fingerprint density at radius 1 is 1.19 bits per heavy atom. The van der Waals surface area contributed by atoms with Crippen molar-refractivity contribution in [3.05, 3.63) is 23.8 Å². The molecule has 1 fully saturated rings. The van der Waals surface area contributed by atoms with Gasteiger partial charge in [0.2, 0.25) is 0 Å². The molecule has 26 heavy (non-hydrogen) atoms. The number of methoxy groups -OCH3 is 3. The molecule has 0 bridgehead atoms. The monoisotopic (exact) mass is 364 g/mol. The molecular weight excluding hydrogens is 332 g/mol.